The Balaban J connectivity index is 1.26. The lowest BCUT2D eigenvalue weighted by Crippen LogP contribution is -2.10. The van der Waals surface area contributed by atoms with Crippen LogP contribution in [-0.2, 0) is 26.1 Å². The molecule has 9 heteroatoms. The van der Waals surface area contributed by atoms with Crippen molar-refractivity contribution in [2.75, 3.05) is 0 Å². The van der Waals surface area contributed by atoms with Gasteiger partial charge in [-0.15, -0.1) is 0 Å². The molecule has 2 heterocycles. The zero-order chi connectivity index (χ0) is 29.2. The molecule has 0 radical (unpaired) electrons. The summed E-state index contributed by atoms with van der Waals surface area (Å²) in [7, 11) is 0. The number of imidazole rings is 2. The maximum Gasteiger partial charge on any atom is 0.165 e. The second-order valence-corrected chi connectivity index (χ2v) is 10.4. The van der Waals surface area contributed by atoms with Crippen molar-refractivity contribution in [3.05, 3.63) is 137 Å². The summed E-state index contributed by atoms with van der Waals surface area (Å²) in [5.41, 5.74) is 4.68. The van der Waals surface area contributed by atoms with Crippen LogP contribution in [0.1, 0.15) is 29.6 Å². The summed E-state index contributed by atoms with van der Waals surface area (Å²) in [5.74, 6) is -0.875. The Hall–Kier alpha value is -4.56. The number of benzene rings is 4. The van der Waals surface area contributed by atoms with Gasteiger partial charge in [0, 0.05) is 29.7 Å². The van der Waals surface area contributed by atoms with Crippen molar-refractivity contribution in [1.29, 1.82) is 0 Å². The smallest absolute Gasteiger partial charge is 0.165 e. The lowest BCUT2D eigenvalue weighted by Gasteiger charge is -2.13. The van der Waals surface area contributed by atoms with Crippen LogP contribution in [0.15, 0.2) is 91.4 Å². The Bertz CT molecular complexity index is 1900. The van der Waals surface area contributed by atoms with Gasteiger partial charge in [-0.25, -0.2) is 23.1 Å². The minimum absolute atomic E-state index is 0.0635. The van der Waals surface area contributed by atoms with Gasteiger partial charge in [-0.05, 0) is 66.1 Å². The molecular weight excluding hydrogens is 561 g/mol. The maximum atomic E-state index is 15.5. The second kappa shape index (κ2) is 11.7. The van der Waals surface area contributed by atoms with Crippen LogP contribution in [0, 0.1) is 17.5 Å². The molecule has 5 nitrogen and oxygen atoms in total. The third-order valence-electron chi connectivity index (χ3n) is 7.26. The van der Waals surface area contributed by atoms with Crippen molar-refractivity contribution in [3.8, 4) is 16.9 Å². The average Bonchev–Trinajstić information content (AvgIpc) is 3.58. The van der Waals surface area contributed by atoms with E-state index in [0.717, 1.165) is 29.1 Å². The first kappa shape index (κ1) is 27.6. The standard InChI is InChI=1S/C33H26ClF3N4O/c1-2-40-20-38-17-26(40)18-41-31-6-4-3-5-30(31)39-33(41)15-23-8-7-21(13-28(23)36)22-10-12-27(35)32(14-22)42-19-24-9-11-25(34)16-29(24)37/h3-14,16-17,20H,2,15,18-19H2,1H3. The molecule has 0 saturated carbocycles. The van der Waals surface area contributed by atoms with Crippen LogP contribution < -0.4 is 4.74 Å². The Labute approximate surface area is 245 Å². The highest BCUT2D eigenvalue weighted by atomic mass is 35.5. The van der Waals surface area contributed by atoms with Gasteiger partial charge in [-0.3, -0.25) is 0 Å². The fraction of sp³-hybridized carbons (Fsp3) is 0.152. The van der Waals surface area contributed by atoms with Crippen LogP contribution in [0.5, 0.6) is 5.75 Å². The van der Waals surface area contributed by atoms with Gasteiger partial charge in [-0.1, -0.05) is 48.0 Å². The Morgan fingerprint density at radius 1 is 0.833 bits per heavy atom. The molecule has 4 aromatic carbocycles. The van der Waals surface area contributed by atoms with E-state index in [-0.39, 0.29) is 29.4 Å². The van der Waals surface area contributed by atoms with Crippen LogP contribution in [0.25, 0.3) is 22.2 Å². The molecule has 212 valence electrons. The summed E-state index contributed by atoms with van der Waals surface area (Å²) in [6.45, 7) is 3.23. The third kappa shape index (κ3) is 5.63. The first-order valence-corrected chi connectivity index (χ1v) is 13.9. The van der Waals surface area contributed by atoms with Gasteiger partial charge in [0.1, 0.15) is 24.1 Å². The number of aromatic nitrogens is 4. The van der Waals surface area contributed by atoms with Gasteiger partial charge in [0.05, 0.1) is 29.6 Å². The minimum atomic E-state index is -0.603. The van der Waals surface area contributed by atoms with Crippen molar-refractivity contribution in [1.82, 2.24) is 19.1 Å². The number of rotatable bonds is 9. The van der Waals surface area contributed by atoms with Crippen molar-refractivity contribution < 1.29 is 17.9 Å². The molecule has 0 N–H and O–H groups in total. The van der Waals surface area contributed by atoms with Crippen LogP contribution in [0.3, 0.4) is 0 Å². The predicted octanol–water partition coefficient (Wildman–Crippen LogP) is 8.21. The fourth-order valence-corrected chi connectivity index (χ4v) is 5.15. The summed E-state index contributed by atoms with van der Waals surface area (Å²) < 4.78 is 53.9. The molecule has 0 aliphatic heterocycles. The number of ether oxygens (including phenoxy) is 1. The summed E-state index contributed by atoms with van der Waals surface area (Å²) in [6.07, 6.45) is 3.92. The molecule has 6 rings (SSSR count). The summed E-state index contributed by atoms with van der Waals surface area (Å²) in [5, 5.41) is 0.260. The Kier molecular flexibility index (Phi) is 7.71. The second-order valence-electron chi connectivity index (χ2n) is 9.93. The van der Waals surface area contributed by atoms with Crippen LogP contribution in [0.4, 0.5) is 13.2 Å². The maximum absolute atomic E-state index is 15.5. The highest BCUT2D eigenvalue weighted by molar-refractivity contribution is 6.30. The van der Waals surface area contributed by atoms with Gasteiger partial charge in [0.2, 0.25) is 0 Å². The molecule has 2 aromatic heterocycles. The molecule has 0 aliphatic carbocycles. The zero-order valence-corrected chi connectivity index (χ0v) is 23.5. The molecule has 0 amide bonds. The number of hydrogen-bond acceptors (Lipinski definition) is 3. The van der Waals surface area contributed by atoms with E-state index in [1.54, 1.807) is 24.5 Å². The van der Waals surface area contributed by atoms with Gasteiger partial charge < -0.3 is 13.9 Å². The zero-order valence-electron chi connectivity index (χ0n) is 22.7. The fourth-order valence-electron chi connectivity index (χ4n) is 4.99. The van der Waals surface area contributed by atoms with E-state index in [9.17, 15) is 8.78 Å². The first-order chi connectivity index (χ1) is 20.4. The summed E-state index contributed by atoms with van der Waals surface area (Å²) in [6, 6.07) is 21.2. The summed E-state index contributed by atoms with van der Waals surface area (Å²) >= 11 is 5.80. The molecule has 0 aliphatic rings. The molecule has 42 heavy (non-hydrogen) atoms. The quantitative estimate of drug-likeness (QED) is 0.171. The monoisotopic (exact) mass is 586 g/mol. The SMILES string of the molecule is CCn1cncc1Cn1c(Cc2ccc(-c3ccc(F)c(OCc4ccc(Cl)cc4F)c3)cc2F)nc2ccccc21. The van der Waals surface area contributed by atoms with Crippen LogP contribution in [-0.4, -0.2) is 19.1 Å². The number of para-hydroxylation sites is 2. The number of hydrogen-bond donors (Lipinski definition) is 0. The van der Waals surface area contributed by atoms with E-state index in [1.165, 1.54) is 36.4 Å². The van der Waals surface area contributed by atoms with Crippen molar-refractivity contribution in [3.63, 3.8) is 0 Å². The first-order valence-electron chi connectivity index (χ1n) is 13.5. The minimum Gasteiger partial charge on any atom is -0.486 e. The summed E-state index contributed by atoms with van der Waals surface area (Å²) in [4.78, 5) is 9.10. The van der Waals surface area contributed by atoms with E-state index in [2.05, 4.69) is 21.0 Å². The molecule has 0 atom stereocenters. The topological polar surface area (TPSA) is 44.9 Å². The number of halogens is 4. The van der Waals surface area contributed by atoms with E-state index >= 15 is 4.39 Å². The van der Waals surface area contributed by atoms with Crippen molar-refractivity contribution in [2.24, 2.45) is 0 Å². The number of fused-ring (bicyclic) bond motifs is 1. The van der Waals surface area contributed by atoms with E-state index in [1.807, 2.05) is 30.5 Å². The third-order valence-corrected chi connectivity index (χ3v) is 7.49. The van der Waals surface area contributed by atoms with Crippen molar-refractivity contribution in [2.45, 2.75) is 33.0 Å². The molecule has 0 saturated heterocycles. The molecule has 6 aromatic rings. The van der Waals surface area contributed by atoms with Gasteiger partial charge in [0.25, 0.3) is 0 Å². The molecule has 0 fully saturated rings. The normalized spacial score (nSPS) is 11.4. The highest BCUT2D eigenvalue weighted by Gasteiger charge is 2.16. The van der Waals surface area contributed by atoms with E-state index in [4.69, 9.17) is 21.3 Å². The average molecular weight is 587 g/mol. The number of aryl methyl sites for hydroxylation is 1. The predicted molar refractivity (Wildman–Crippen MR) is 157 cm³/mol. The van der Waals surface area contributed by atoms with Crippen LogP contribution >= 0.6 is 11.6 Å². The van der Waals surface area contributed by atoms with Gasteiger partial charge in [-0.2, -0.15) is 0 Å². The molecule has 0 unspecified atom stereocenters. The molecule has 0 spiro atoms. The Morgan fingerprint density at radius 2 is 1.60 bits per heavy atom. The van der Waals surface area contributed by atoms with Crippen LogP contribution in [0.2, 0.25) is 5.02 Å². The van der Waals surface area contributed by atoms with Crippen molar-refractivity contribution >= 4 is 22.6 Å². The van der Waals surface area contributed by atoms with E-state index in [0.29, 0.717) is 23.2 Å². The highest BCUT2D eigenvalue weighted by Crippen LogP contribution is 2.30. The van der Waals surface area contributed by atoms with E-state index < -0.39 is 17.5 Å². The lowest BCUT2D eigenvalue weighted by molar-refractivity contribution is 0.285. The van der Waals surface area contributed by atoms with Gasteiger partial charge >= 0.3 is 0 Å². The van der Waals surface area contributed by atoms with Gasteiger partial charge in [0.15, 0.2) is 11.6 Å². The Morgan fingerprint density at radius 3 is 2.40 bits per heavy atom. The largest absolute Gasteiger partial charge is 0.486 e. The molecular formula is C33H26ClF3N4O. The molecule has 0 bridgehead atoms. The lowest BCUT2D eigenvalue weighted by atomic mass is 10.0. The number of nitrogens with zero attached hydrogens (tertiary/aromatic N) is 4.